The van der Waals surface area contributed by atoms with Gasteiger partial charge >= 0.3 is 0 Å². The quantitative estimate of drug-likeness (QED) is 0.447. The number of nitrogens with zero attached hydrogens (tertiary/aromatic N) is 4. The van der Waals surface area contributed by atoms with Gasteiger partial charge in [-0.15, -0.1) is 0 Å². The summed E-state index contributed by atoms with van der Waals surface area (Å²) in [4.78, 5) is 30.4. The summed E-state index contributed by atoms with van der Waals surface area (Å²) >= 11 is 0. The van der Waals surface area contributed by atoms with Gasteiger partial charge in [0, 0.05) is 36.9 Å². The number of imidazole rings is 2. The van der Waals surface area contributed by atoms with Gasteiger partial charge in [0.05, 0.1) is 23.0 Å². The van der Waals surface area contributed by atoms with Crippen LogP contribution in [0.25, 0.3) is 28.1 Å². The van der Waals surface area contributed by atoms with Crippen molar-refractivity contribution in [1.82, 2.24) is 29.4 Å². The fraction of sp³-hybridized carbons (Fsp3) is 0.348. The Kier molecular flexibility index (Phi) is 5.07. The van der Waals surface area contributed by atoms with Gasteiger partial charge in [0.25, 0.3) is 5.56 Å². The van der Waals surface area contributed by atoms with Gasteiger partial charge in [-0.25, -0.2) is 9.97 Å². The van der Waals surface area contributed by atoms with Gasteiger partial charge in [-0.05, 0) is 56.6 Å². The largest absolute Gasteiger partial charge is 0.383 e. The third-order valence-corrected chi connectivity index (χ3v) is 6.20. The van der Waals surface area contributed by atoms with Crippen LogP contribution in [0, 0.1) is 6.92 Å². The zero-order chi connectivity index (χ0) is 21.4. The van der Waals surface area contributed by atoms with Crippen molar-refractivity contribution in [1.29, 1.82) is 0 Å². The third-order valence-electron chi connectivity index (χ3n) is 6.20. The Morgan fingerprint density at radius 3 is 3.03 bits per heavy atom. The molecule has 0 amide bonds. The van der Waals surface area contributed by atoms with Gasteiger partial charge in [-0.2, -0.15) is 0 Å². The average Bonchev–Trinajstić information content (AvgIpc) is 3.52. The van der Waals surface area contributed by atoms with Gasteiger partial charge in [-0.3, -0.25) is 9.69 Å². The van der Waals surface area contributed by atoms with E-state index in [9.17, 15) is 4.79 Å². The molecule has 5 rings (SSSR count). The van der Waals surface area contributed by atoms with Crippen molar-refractivity contribution in [3.63, 3.8) is 0 Å². The molecule has 3 N–H and O–H groups in total. The molecule has 0 bridgehead atoms. The SMILES string of the molecule is CCN1CCCC1CNc1cc[nH]c(=O)c1-c1nc2c(C)cc(-n3ccnc3)cc2[nH]1. The Morgan fingerprint density at radius 1 is 1.32 bits per heavy atom. The van der Waals surface area contributed by atoms with Crippen LogP contribution >= 0.6 is 0 Å². The van der Waals surface area contributed by atoms with Gasteiger partial charge < -0.3 is 19.9 Å². The Morgan fingerprint density at radius 2 is 2.23 bits per heavy atom. The van der Waals surface area contributed by atoms with E-state index in [4.69, 9.17) is 4.98 Å². The monoisotopic (exact) mass is 417 g/mol. The van der Waals surface area contributed by atoms with E-state index in [1.54, 1.807) is 18.7 Å². The number of likely N-dealkylation sites (N-methyl/N-ethyl adjacent to an activating group) is 1. The van der Waals surface area contributed by atoms with Crippen LogP contribution in [0.2, 0.25) is 0 Å². The van der Waals surface area contributed by atoms with E-state index >= 15 is 0 Å². The maximum absolute atomic E-state index is 12.8. The molecule has 4 heterocycles. The van der Waals surface area contributed by atoms with Gasteiger partial charge in [0.15, 0.2) is 0 Å². The van der Waals surface area contributed by atoms with Crippen LogP contribution < -0.4 is 10.9 Å². The summed E-state index contributed by atoms with van der Waals surface area (Å²) in [5.41, 5.74) is 4.98. The highest BCUT2D eigenvalue weighted by Crippen LogP contribution is 2.28. The molecular formula is C23H27N7O. The molecule has 1 saturated heterocycles. The number of likely N-dealkylation sites (tertiary alicyclic amines) is 1. The summed E-state index contributed by atoms with van der Waals surface area (Å²) < 4.78 is 1.95. The zero-order valence-electron chi connectivity index (χ0n) is 17.9. The molecule has 3 aromatic heterocycles. The molecule has 0 aliphatic carbocycles. The summed E-state index contributed by atoms with van der Waals surface area (Å²) in [5.74, 6) is 0.573. The van der Waals surface area contributed by atoms with E-state index in [1.807, 2.05) is 29.8 Å². The molecule has 31 heavy (non-hydrogen) atoms. The third kappa shape index (κ3) is 3.63. The highest BCUT2D eigenvalue weighted by Gasteiger charge is 2.23. The first-order valence-corrected chi connectivity index (χ1v) is 10.8. The number of aryl methyl sites for hydroxylation is 1. The highest BCUT2D eigenvalue weighted by atomic mass is 16.1. The van der Waals surface area contributed by atoms with E-state index in [1.165, 1.54) is 12.8 Å². The minimum Gasteiger partial charge on any atom is -0.383 e. The van der Waals surface area contributed by atoms with Crippen LogP contribution in [0.3, 0.4) is 0 Å². The molecule has 160 valence electrons. The Hall–Kier alpha value is -3.39. The Balaban J connectivity index is 1.51. The number of benzene rings is 1. The molecule has 1 fully saturated rings. The molecule has 8 heteroatoms. The minimum absolute atomic E-state index is 0.157. The van der Waals surface area contributed by atoms with Crippen LogP contribution in [-0.4, -0.2) is 55.1 Å². The van der Waals surface area contributed by atoms with E-state index in [2.05, 4.69) is 38.2 Å². The first-order chi connectivity index (χ1) is 15.1. The Bertz CT molecular complexity index is 1250. The lowest BCUT2D eigenvalue weighted by Gasteiger charge is -2.23. The van der Waals surface area contributed by atoms with E-state index < -0.39 is 0 Å². The van der Waals surface area contributed by atoms with E-state index in [-0.39, 0.29) is 5.56 Å². The number of rotatable bonds is 6. The lowest BCUT2D eigenvalue weighted by molar-refractivity contribution is 0.277. The van der Waals surface area contributed by atoms with Crippen LogP contribution in [0.4, 0.5) is 5.69 Å². The molecule has 4 aromatic rings. The number of H-pyrrole nitrogens is 2. The summed E-state index contributed by atoms with van der Waals surface area (Å²) in [6.45, 7) is 7.24. The van der Waals surface area contributed by atoms with Gasteiger partial charge in [0.2, 0.25) is 0 Å². The second-order valence-electron chi connectivity index (χ2n) is 8.12. The maximum Gasteiger partial charge on any atom is 0.261 e. The smallest absolute Gasteiger partial charge is 0.261 e. The first-order valence-electron chi connectivity index (χ1n) is 10.8. The summed E-state index contributed by atoms with van der Waals surface area (Å²) in [7, 11) is 0. The van der Waals surface area contributed by atoms with Crippen LogP contribution in [0.5, 0.6) is 0 Å². The predicted molar refractivity (Wildman–Crippen MR) is 123 cm³/mol. The van der Waals surface area contributed by atoms with Crippen LogP contribution in [0.15, 0.2) is 47.9 Å². The minimum atomic E-state index is -0.157. The number of aromatic amines is 2. The van der Waals surface area contributed by atoms with Crippen molar-refractivity contribution in [2.45, 2.75) is 32.7 Å². The van der Waals surface area contributed by atoms with Crippen molar-refractivity contribution in [2.24, 2.45) is 0 Å². The number of nitrogens with one attached hydrogen (secondary N) is 3. The highest BCUT2D eigenvalue weighted by molar-refractivity contribution is 5.86. The van der Waals surface area contributed by atoms with E-state index in [0.29, 0.717) is 17.4 Å². The molecule has 1 aromatic carbocycles. The number of anilines is 1. The first kappa shape index (κ1) is 19.6. The van der Waals surface area contributed by atoms with E-state index in [0.717, 1.165) is 47.6 Å². The molecule has 1 unspecified atom stereocenters. The van der Waals surface area contributed by atoms with Crippen molar-refractivity contribution >= 4 is 16.7 Å². The normalized spacial score (nSPS) is 16.9. The number of hydrogen-bond acceptors (Lipinski definition) is 5. The molecule has 0 radical (unpaired) electrons. The zero-order valence-corrected chi connectivity index (χ0v) is 17.9. The maximum atomic E-state index is 12.8. The molecule has 8 nitrogen and oxygen atoms in total. The van der Waals surface area contributed by atoms with Crippen LogP contribution in [-0.2, 0) is 0 Å². The second kappa shape index (κ2) is 8.03. The fourth-order valence-electron chi connectivity index (χ4n) is 4.58. The summed E-state index contributed by atoms with van der Waals surface area (Å²) in [6.07, 6.45) is 9.52. The molecule has 1 aliphatic heterocycles. The standard InChI is InChI=1S/C23H27N7O/c1-3-29-9-4-5-16(29)13-26-18-6-7-25-23(31)20(18)22-27-19-12-17(30-10-8-24-14-30)11-15(2)21(19)28-22/h6-8,10-12,14,16H,3-5,9,13H2,1-2H3,(H,27,28)(H2,25,26,31). The second-order valence-corrected chi connectivity index (χ2v) is 8.12. The average molecular weight is 418 g/mol. The number of hydrogen-bond donors (Lipinski definition) is 3. The molecular weight excluding hydrogens is 390 g/mol. The number of pyridine rings is 1. The van der Waals surface area contributed by atoms with Crippen molar-refractivity contribution in [3.05, 3.63) is 59.0 Å². The lowest BCUT2D eigenvalue weighted by Crippen LogP contribution is -2.35. The summed E-state index contributed by atoms with van der Waals surface area (Å²) in [6, 6.07) is 6.51. The van der Waals surface area contributed by atoms with Crippen molar-refractivity contribution in [2.75, 3.05) is 25.0 Å². The predicted octanol–water partition coefficient (Wildman–Crippen LogP) is 3.31. The molecule has 0 spiro atoms. The lowest BCUT2D eigenvalue weighted by atomic mass is 10.2. The summed E-state index contributed by atoms with van der Waals surface area (Å²) in [5, 5.41) is 3.52. The Labute approximate surface area is 180 Å². The number of fused-ring (bicyclic) bond motifs is 1. The van der Waals surface area contributed by atoms with Crippen molar-refractivity contribution in [3.8, 4) is 17.1 Å². The topological polar surface area (TPSA) is 94.6 Å². The fourth-order valence-corrected chi connectivity index (χ4v) is 4.58. The molecule has 1 aliphatic rings. The van der Waals surface area contributed by atoms with Crippen LogP contribution in [0.1, 0.15) is 25.3 Å². The van der Waals surface area contributed by atoms with Gasteiger partial charge in [-0.1, -0.05) is 6.92 Å². The molecule has 0 saturated carbocycles. The van der Waals surface area contributed by atoms with Crippen molar-refractivity contribution < 1.29 is 0 Å². The number of aromatic nitrogens is 5. The van der Waals surface area contributed by atoms with Gasteiger partial charge in [0.1, 0.15) is 11.4 Å². The molecule has 1 atom stereocenters.